The van der Waals surface area contributed by atoms with Gasteiger partial charge in [0.05, 0.1) is 0 Å². The molecule has 1 atom stereocenters. The Morgan fingerprint density at radius 1 is 0.750 bits per heavy atom. The number of esters is 1. The van der Waals surface area contributed by atoms with Gasteiger partial charge < -0.3 is 14.6 Å². The largest absolute Gasteiger partial charge is 0.491 e. The number of unbranched alkanes of at least 4 members (excludes halogenated alkanes) is 1. The summed E-state index contributed by atoms with van der Waals surface area (Å²) in [4.78, 5) is 11.0. The van der Waals surface area contributed by atoms with Gasteiger partial charge in [0, 0.05) is 6.08 Å². The van der Waals surface area contributed by atoms with Gasteiger partial charge in [0.1, 0.15) is 25.1 Å². The summed E-state index contributed by atoms with van der Waals surface area (Å²) in [6, 6.07) is 26.0. The van der Waals surface area contributed by atoms with Gasteiger partial charge >= 0.3 is 5.97 Å². The van der Waals surface area contributed by atoms with Crippen LogP contribution in [0.2, 0.25) is 0 Å². The number of carbonyl (C=O) groups excluding carboxylic acids is 1. The zero-order valence-electron chi connectivity index (χ0n) is 21.3. The molecule has 0 saturated heterocycles. The minimum absolute atomic E-state index is 0.0559. The molecule has 1 unspecified atom stereocenters. The second kappa shape index (κ2) is 14.9. The van der Waals surface area contributed by atoms with Gasteiger partial charge in [-0.1, -0.05) is 80.6 Å². The molecule has 0 aliphatic carbocycles. The highest BCUT2D eigenvalue weighted by atomic mass is 16.5. The van der Waals surface area contributed by atoms with Crippen LogP contribution in [0.4, 0.5) is 0 Å². The second-order valence-corrected chi connectivity index (χ2v) is 9.18. The maximum atomic E-state index is 11.0. The molecule has 3 aromatic carbocycles. The van der Waals surface area contributed by atoms with Crippen molar-refractivity contribution < 1.29 is 19.4 Å². The fraction of sp³-hybridized carbons (Fsp3) is 0.344. The van der Waals surface area contributed by atoms with Crippen LogP contribution >= 0.6 is 0 Å². The van der Waals surface area contributed by atoms with Crippen LogP contribution < -0.4 is 4.74 Å². The Morgan fingerprint density at radius 2 is 1.17 bits per heavy atom. The van der Waals surface area contributed by atoms with Crippen LogP contribution in [0.5, 0.6) is 5.75 Å². The Labute approximate surface area is 215 Å². The summed E-state index contributed by atoms with van der Waals surface area (Å²) in [5.74, 6) is 0.115. The smallest absolute Gasteiger partial charge is 0.330 e. The van der Waals surface area contributed by atoms with E-state index in [0.717, 1.165) is 31.8 Å². The molecule has 0 amide bonds. The first-order valence-electron chi connectivity index (χ1n) is 12.9. The molecule has 1 N–H and O–H groups in total. The van der Waals surface area contributed by atoms with E-state index < -0.39 is 12.1 Å². The average molecular weight is 487 g/mol. The van der Waals surface area contributed by atoms with Crippen molar-refractivity contribution in [3.63, 3.8) is 0 Å². The molecular formula is C32H38O4. The Bertz CT molecular complexity index is 1050. The van der Waals surface area contributed by atoms with Crippen molar-refractivity contribution in [3.05, 3.63) is 113 Å². The Kier molecular flexibility index (Phi) is 11.3. The summed E-state index contributed by atoms with van der Waals surface area (Å²) in [5.41, 5.74) is 6.77. The second-order valence-electron chi connectivity index (χ2n) is 9.18. The van der Waals surface area contributed by atoms with Crippen LogP contribution in [0.15, 0.2) is 85.5 Å². The minimum atomic E-state index is -0.882. The quantitative estimate of drug-likeness (QED) is 0.209. The lowest BCUT2D eigenvalue weighted by atomic mass is 9.99. The summed E-state index contributed by atoms with van der Waals surface area (Å²) >= 11 is 0. The van der Waals surface area contributed by atoms with E-state index >= 15 is 0 Å². The summed E-state index contributed by atoms with van der Waals surface area (Å²) in [6.07, 6.45) is 7.91. The number of carbonyl (C=O) groups is 1. The van der Waals surface area contributed by atoms with Crippen LogP contribution in [0.25, 0.3) is 0 Å². The van der Waals surface area contributed by atoms with E-state index in [0.29, 0.717) is 5.75 Å². The lowest BCUT2D eigenvalue weighted by Crippen LogP contribution is -2.24. The van der Waals surface area contributed by atoms with Gasteiger partial charge in [0.2, 0.25) is 0 Å². The molecule has 0 aromatic heterocycles. The molecule has 0 heterocycles. The molecule has 0 saturated carbocycles. The molecule has 0 radical (unpaired) electrons. The standard InChI is InChI=1S/C32H38O4/c1-3-5-6-25-7-9-26(10-8-25)11-12-27-13-15-28(16-14-27)17-18-29-19-21-31(22-20-29)35-23-30(33)24-36-32(34)4-2/h4,7-10,13-16,19-22,30,33H,2-3,5-6,11-12,17-18,23-24H2,1H3. The van der Waals surface area contributed by atoms with Gasteiger partial charge in [0.15, 0.2) is 0 Å². The first-order valence-corrected chi connectivity index (χ1v) is 12.9. The molecule has 0 aliphatic rings. The van der Waals surface area contributed by atoms with Crippen LogP contribution in [0.1, 0.15) is 47.6 Å². The third-order valence-electron chi connectivity index (χ3n) is 6.22. The van der Waals surface area contributed by atoms with E-state index in [1.807, 2.05) is 24.3 Å². The van der Waals surface area contributed by atoms with Crippen LogP contribution in [0.3, 0.4) is 0 Å². The average Bonchev–Trinajstić information content (AvgIpc) is 2.93. The van der Waals surface area contributed by atoms with Crippen molar-refractivity contribution in [1.29, 1.82) is 0 Å². The molecule has 4 heteroatoms. The number of benzene rings is 3. The molecule has 3 aromatic rings. The van der Waals surface area contributed by atoms with Gasteiger partial charge in [-0.15, -0.1) is 0 Å². The number of ether oxygens (including phenoxy) is 2. The lowest BCUT2D eigenvalue weighted by molar-refractivity contribution is -0.141. The number of hydrogen-bond donors (Lipinski definition) is 1. The maximum Gasteiger partial charge on any atom is 0.330 e. The molecule has 4 nitrogen and oxygen atoms in total. The fourth-order valence-electron chi connectivity index (χ4n) is 3.93. The third-order valence-corrected chi connectivity index (χ3v) is 6.22. The van der Waals surface area contributed by atoms with Crippen molar-refractivity contribution in [2.24, 2.45) is 0 Å². The normalized spacial score (nSPS) is 11.6. The molecule has 0 bridgehead atoms. The van der Waals surface area contributed by atoms with Crippen LogP contribution in [-0.2, 0) is 41.6 Å². The van der Waals surface area contributed by atoms with Crippen molar-refractivity contribution >= 4 is 5.97 Å². The van der Waals surface area contributed by atoms with Crippen molar-refractivity contribution in [3.8, 4) is 5.75 Å². The molecule has 36 heavy (non-hydrogen) atoms. The zero-order valence-corrected chi connectivity index (χ0v) is 21.3. The highest BCUT2D eigenvalue weighted by molar-refractivity contribution is 5.81. The third kappa shape index (κ3) is 9.71. The first-order chi connectivity index (χ1) is 17.6. The van der Waals surface area contributed by atoms with Crippen LogP contribution in [0, 0.1) is 0 Å². The summed E-state index contributed by atoms with van der Waals surface area (Å²) in [6.45, 7) is 5.49. The first kappa shape index (κ1) is 27.2. The maximum absolute atomic E-state index is 11.0. The number of aryl methyl sites for hydroxylation is 5. The van der Waals surface area contributed by atoms with Crippen molar-refractivity contribution in [1.82, 2.24) is 0 Å². The predicted octanol–water partition coefficient (Wildman–Crippen LogP) is 6.07. The summed E-state index contributed by atoms with van der Waals surface area (Å²) < 4.78 is 10.4. The van der Waals surface area contributed by atoms with Gasteiger partial charge in [-0.2, -0.15) is 0 Å². The molecule has 3 rings (SSSR count). The van der Waals surface area contributed by atoms with E-state index in [4.69, 9.17) is 9.47 Å². The zero-order chi connectivity index (χ0) is 25.6. The molecule has 190 valence electrons. The lowest BCUT2D eigenvalue weighted by Gasteiger charge is -2.12. The Balaban J connectivity index is 1.37. The van der Waals surface area contributed by atoms with Crippen molar-refractivity contribution in [2.75, 3.05) is 13.2 Å². The fourth-order valence-corrected chi connectivity index (χ4v) is 3.93. The topological polar surface area (TPSA) is 55.8 Å². The van der Waals surface area contributed by atoms with E-state index in [1.54, 1.807) is 0 Å². The van der Waals surface area contributed by atoms with Crippen molar-refractivity contribution in [2.45, 2.75) is 58.0 Å². The number of aliphatic hydroxyl groups is 1. The minimum Gasteiger partial charge on any atom is -0.491 e. The highest BCUT2D eigenvalue weighted by Crippen LogP contribution is 2.16. The Hall–Kier alpha value is -3.37. The van der Waals surface area contributed by atoms with E-state index in [2.05, 4.69) is 62.0 Å². The number of aliphatic hydroxyl groups excluding tert-OH is 1. The van der Waals surface area contributed by atoms with Gasteiger partial charge in [0.25, 0.3) is 0 Å². The number of rotatable bonds is 15. The van der Waals surface area contributed by atoms with Gasteiger partial charge in [-0.3, -0.25) is 0 Å². The molecule has 0 spiro atoms. The van der Waals surface area contributed by atoms with E-state index in [-0.39, 0.29) is 13.2 Å². The van der Waals surface area contributed by atoms with E-state index in [1.165, 1.54) is 47.1 Å². The molecule has 0 aliphatic heterocycles. The summed E-state index contributed by atoms with van der Waals surface area (Å²) in [7, 11) is 0. The molecule has 0 fully saturated rings. The predicted molar refractivity (Wildman–Crippen MR) is 145 cm³/mol. The van der Waals surface area contributed by atoms with E-state index in [9.17, 15) is 9.90 Å². The Morgan fingerprint density at radius 3 is 1.58 bits per heavy atom. The van der Waals surface area contributed by atoms with Gasteiger partial charge in [-0.25, -0.2) is 4.79 Å². The monoisotopic (exact) mass is 486 g/mol. The van der Waals surface area contributed by atoms with Gasteiger partial charge in [-0.05, 0) is 78.5 Å². The summed E-state index contributed by atoms with van der Waals surface area (Å²) in [5, 5.41) is 9.83. The van der Waals surface area contributed by atoms with Crippen LogP contribution in [-0.4, -0.2) is 30.4 Å². The number of hydrogen-bond acceptors (Lipinski definition) is 4. The SMILES string of the molecule is C=CC(=O)OCC(O)COc1ccc(CCc2ccc(CCc3ccc(CCCC)cc3)cc2)cc1. The molecular weight excluding hydrogens is 448 g/mol. The highest BCUT2D eigenvalue weighted by Gasteiger charge is 2.08.